The molecule has 0 spiro atoms. The second-order valence-electron chi connectivity index (χ2n) is 5.61. The van der Waals surface area contributed by atoms with Crippen LogP contribution in [0.4, 0.5) is 4.39 Å². The number of benzene rings is 1. The van der Waals surface area contributed by atoms with Gasteiger partial charge in [0.05, 0.1) is 11.7 Å². The van der Waals surface area contributed by atoms with Crippen LogP contribution in [0, 0.1) is 5.82 Å². The van der Waals surface area contributed by atoms with Crippen LogP contribution in [0.25, 0.3) is 0 Å². The fraction of sp³-hybridized carbons (Fsp3) is 0.600. The molecule has 0 saturated carbocycles. The van der Waals surface area contributed by atoms with Gasteiger partial charge in [-0.05, 0) is 39.8 Å². The molecule has 4 heteroatoms. The quantitative estimate of drug-likeness (QED) is 0.890. The van der Waals surface area contributed by atoms with Crippen LogP contribution in [-0.2, 0) is 11.3 Å². The van der Waals surface area contributed by atoms with Gasteiger partial charge in [-0.2, -0.15) is 0 Å². The molecule has 1 aromatic rings. The first-order valence-corrected chi connectivity index (χ1v) is 6.74. The summed E-state index contributed by atoms with van der Waals surface area (Å²) in [5.41, 5.74) is 0.747. The highest BCUT2D eigenvalue weighted by Gasteiger charge is 2.32. The van der Waals surface area contributed by atoms with Crippen LogP contribution in [0.1, 0.15) is 32.3 Å². The lowest BCUT2D eigenvalue weighted by Crippen LogP contribution is -2.24. The summed E-state index contributed by atoms with van der Waals surface area (Å²) in [6.07, 6.45) is 2.03. The molecule has 1 aliphatic rings. The van der Waals surface area contributed by atoms with Crippen molar-refractivity contribution in [1.82, 2.24) is 5.32 Å². The number of nitrogens with one attached hydrogen (secondary N) is 1. The smallest absolute Gasteiger partial charge is 0.165 e. The van der Waals surface area contributed by atoms with Crippen LogP contribution in [0.15, 0.2) is 18.2 Å². The van der Waals surface area contributed by atoms with Crippen molar-refractivity contribution < 1.29 is 13.9 Å². The summed E-state index contributed by atoms with van der Waals surface area (Å²) in [6, 6.07) is 4.99. The summed E-state index contributed by atoms with van der Waals surface area (Å²) in [4.78, 5) is 0. The van der Waals surface area contributed by atoms with E-state index in [0.717, 1.165) is 18.4 Å². The fourth-order valence-electron chi connectivity index (χ4n) is 2.42. The highest BCUT2D eigenvalue weighted by atomic mass is 19.1. The second-order valence-corrected chi connectivity index (χ2v) is 5.61. The summed E-state index contributed by atoms with van der Waals surface area (Å²) in [5.74, 6) is 0.0233. The van der Waals surface area contributed by atoms with E-state index in [4.69, 9.17) is 9.47 Å². The zero-order chi connectivity index (χ0) is 13.9. The summed E-state index contributed by atoms with van der Waals surface area (Å²) in [6.45, 7) is 5.14. The Balaban J connectivity index is 1.99. The third-order valence-electron chi connectivity index (χ3n) is 3.38. The summed E-state index contributed by atoms with van der Waals surface area (Å²) in [5, 5.41) is 3.01. The molecule has 1 fully saturated rings. The Hall–Kier alpha value is -1.13. The zero-order valence-corrected chi connectivity index (χ0v) is 11.8. The summed E-state index contributed by atoms with van der Waals surface area (Å²) in [7, 11) is 1.83. The topological polar surface area (TPSA) is 30.5 Å². The van der Waals surface area contributed by atoms with Gasteiger partial charge in [-0.3, -0.25) is 0 Å². The number of para-hydroxylation sites is 1. The molecule has 0 aromatic heterocycles. The highest BCUT2D eigenvalue weighted by molar-refractivity contribution is 5.34. The van der Waals surface area contributed by atoms with Crippen LogP contribution < -0.4 is 10.1 Å². The van der Waals surface area contributed by atoms with Gasteiger partial charge < -0.3 is 14.8 Å². The maximum absolute atomic E-state index is 13.8. The van der Waals surface area contributed by atoms with E-state index in [1.54, 1.807) is 6.07 Å². The Morgan fingerprint density at radius 3 is 2.89 bits per heavy atom. The molecule has 1 N–H and O–H groups in total. The van der Waals surface area contributed by atoms with Crippen molar-refractivity contribution in [2.45, 2.75) is 44.9 Å². The van der Waals surface area contributed by atoms with Gasteiger partial charge in [0, 0.05) is 12.1 Å². The van der Waals surface area contributed by atoms with Crippen LogP contribution in [0.3, 0.4) is 0 Å². The number of rotatable bonds is 5. The van der Waals surface area contributed by atoms with Gasteiger partial charge in [-0.15, -0.1) is 0 Å². The van der Waals surface area contributed by atoms with Crippen LogP contribution in [0.5, 0.6) is 5.75 Å². The fourth-order valence-corrected chi connectivity index (χ4v) is 2.42. The monoisotopic (exact) mass is 267 g/mol. The first-order valence-electron chi connectivity index (χ1n) is 6.74. The zero-order valence-electron chi connectivity index (χ0n) is 11.8. The molecule has 2 rings (SSSR count). The van der Waals surface area contributed by atoms with Crippen molar-refractivity contribution in [2.75, 3.05) is 13.7 Å². The molecule has 1 atom stereocenters. The van der Waals surface area contributed by atoms with E-state index >= 15 is 0 Å². The predicted octanol–water partition coefficient (Wildman–Crippen LogP) is 2.88. The number of halogens is 1. The molecular formula is C15H22FNO2. The van der Waals surface area contributed by atoms with Gasteiger partial charge in [0.1, 0.15) is 6.61 Å². The minimum atomic E-state index is -0.315. The van der Waals surface area contributed by atoms with Gasteiger partial charge in [0.15, 0.2) is 11.6 Å². The van der Waals surface area contributed by atoms with Crippen LogP contribution in [0.2, 0.25) is 0 Å². The Bertz CT molecular complexity index is 434. The SMILES string of the molecule is CNCc1cccc(F)c1OCC1CCC(C)(C)O1. The number of hydrogen-bond acceptors (Lipinski definition) is 3. The van der Waals surface area contributed by atoms with Gasteiger partial charge in [0.2, 0.25) is 0 Å². The van der Waals surface area contributed by atoms with Gasteiger partial charge in [0.25, 0.3) is 0 Å². The lowest BCUT2D eigenvalue weighted by atomic mass is 10.1. The molecule has 106 valence electrons. The molecule has 19 heavy (non-hydrogen) atoms. The minimum Gasteiger partial charge on any atom is -0.487 e. The van der Waals surface area contributed by atoms with E-state index in [1.165, 1.54) is 6.07 Å². The molecule has 0 radical (unpaired) electrons. The Morgan fingerprint density at radius 1 is 1.47 bits per heavy atom. The average Bonchev–Trinajstić information content (AvgIpc) is 2.69. The molecule has 0 amide bonds. The molecule has 1 saturated heterocycles. The molecule has 1 aliphatic heterocycles. The van der Waals surface area contributed by atoms with E-state index in [1.807, 2.05) is 13.1 Å². The molecule has 0 aliphatic carbocycles. The van der Waals surface area contributed by atoms with Gasteiger partial charge >= 0.3 is 0 Å². The van der Waals surface area contributed by atoms with E-state index in [2.05, 4.69) is 19.2 Å². The third-order valence-corrected chi connectivity index (χ3v) is 3.38. The second kappa shape index (κ2) is 5.88. The van der Waals surface area contributed by atoms with E-state index in [-0.39, 0.29) is 17.5 Å². The lowest BCUT2D eigenvalue weighted by molar-refractivity contribution is -0.0331. The largest absolute Gasteiger partial charge is 0.487 e. The molecule has 0 bridgehead atoms. The van der Waals surface area contributed by atoms with Crippen molar-refractivity contribution >= 4 is 0 Å². The van der Waals surface area contributed by atoms with Gasteiger partial charge in [-0.25, -0.2) is 4.39 Å². The van der Waals surface area contributed by atoms with Gasteiger partial charge in [-0.1, -0.05) is 12.1 Å². The van der Waals surface area contributed by atoms with E-state index < -0.39 is 0 Å². The third kappa shape index (κ3) is 3.67. The Morgan fingerprint density at radius 2 is 2.26 bits per heavy atom. The molecule has 1 unspecified atom stereocenters. The molecule has 1 heterocycles. The summed E-state index contributed by atoms with van der Waals surface area (Å²) >= 11 is 0. The highest BCUT2D eigenvalue weighted by Crippen LogP contribution is 2.30. The van der Waals surface area contributed by atoms with Crippen molar-refractivity contribution in [3.8, 4) is 5.75 Å². The number of ether oxygens (including phenoxy) is 2. The first kappa shape index (κ1) is 14.3. The normalized spacial score (nSPS) is 21.6. The predicted molar refractivity (Wildman–Crippen MR) is 72.8 cm³/mol. The van der Waals surface area contributed by atoms with Crippen molar-refractivity contribution in [1.29, 1.82) is 0 Å². The van der Waals surface area contributed by atoms with Crippen LogP contribution in [-0.4, -0.2) is 25.4 Å². The van der Waals surface area contributed by atoms with E-state index in [9.17, 15) is 4.39 Å². The Kier molecular flexibility index (Phi) is 4.42. The molecule has 1 aromatic carbocycles. The average molecular weight is 267 g/mol. The maximum Gasteiger partial charge on any atom is 0.165 e. The lowest BCUT2D eigenvalue weighted by Gasteiger charge is -2.20. The molecule has 3 nitrogen and oxygen atoms in total. The van der Waals surface area contributed by atoms with Crippen LogP contribution >= 0.6 is 0 Å². The van der Waals surface area contributed by atoms with E-state index in [0.29, 0.717) is 18.9 Å². The maximum atomic E-state index is 13.8. The van der Waals surface area contributed by atoms with Crippen molar-refractivity contribution in [3.63, 3.8) is 0 Å². The van der Waals surface area contributed by atoms with Crippen molar-refractivity contribution in [3.05, 3.63) is 29.6 Å². The standard InChI is InChI=1S/C15H22FNO2/c1-15(2)8-7-12(19-15)10-18-14-11(9-17-3)5-4-6-13(14)16/h4-6,12,17H,7-10H2,1-3H3. The molecular weight excluding hydrogens is 245 g/mol. The summed E-state index contributed by atoms with van der Waals surface area (Å²) < 4.78 is 25.3. The first-order chi connectivity index (χ1) is 9.02. The minimum absolute atomic E-state index is 0.0528. The van der Waals surface area contributed by atoms with Crippen molar-refractivity contribution in [2.24, 2.45) is 0 Å². The Labute approximate surface area is 114 Å². The number of hydrogen-bond donors (Lipinski definition) is 1.